The molecule has 0 amide bonds. The number of nitrogen functional groups attached to an aromatic ring is 1. The van der Waals surface area contributed by atoms with Crippen LogP contribution < -0.4 is 5.73 Å². The molecule has 3 N–H and O–H groups in total. The second-order valence-electron chi connectivity index (χ2n) is 3.59. The topological polar surface area (TPSA) is 63.3 Å². The van der Waals surface area contributed by atoms with E-state index in [9.17, 15) is 9.90 Å². The molecule has 4 heteroatoms. The zero-order chi connectivity index (χ0) is 12.4. The van der Waals surface area contributed by atoms with Crippen molar-refractivity contribution in [3.05, 3.63) is 58.6 Å². The first-order valence-corrected chi connectivity index (χ1v) is 5.35. The first-order chi connectivity index (χ1) is 8.09. The van der Waals surface area contributed by atoms with Crippen LogP contribution in [0.4, 0.5) is 5.69 Å². The Morgan fingerprint density at radius 3 is 2.47 bits per heavy atom. The molecule has 2 aromatic carbocycles. The van der Waals surface area contributed by atoms with E-state index < -0.39 is 0 Å². The van der Waals surface area contributed by atoms with Crippen LogP contribution in [-0.4, -0.2) is 10.9 Å². The van der Waals surface area contributed by atoms with E-state index in [1.165, 1.54) is 12.1 Å². The molecule has 0 fully saturated rings. The first-order valence-electron chi connectivity index (χ1n) is 4.97. The van der Waals surface area contributed by atoms with Gasteiger partial charge in [-0.3, -0.25) is 4.79 Å². The van der Waals surface area contributed by atoms with E-state index in [-0.39, 0.29) is 22.8 Å². The van der Waals surface area contributed by atoms with E-state index in [4.69, 9.17) is 17.3 Å². The third-order valence-electron chi connectivity index (χ3n) is 2.38. The smallest absolute Gasteiger partial charge is 0.196 e. The summed E-state index contributed by atoms with van der Waals surface area (Å²) in [6.07, 6.45) is 0. The summed E-state index contributed by atoms with van der Waals surface area (Å²) in [7, 11) is 0. The van der Waals surface area contributed by atoms with Gasteiger partial charge >= 0.3 is 0 Å². The van der Waals surface area contributed by atoms with Gasteiger partial charge in [0.25, 0.3) is 0 Å². The third kappa shape index (κ3) is 2.24. The van der Waals surface area contributed by atoms with Crippen molar-refractivity contribution in [3.8, 4) is 5.75 Å². The molecule has 0 saturated carbocycles. The molecule has 0 spiro atoms. The summed E-state index contributed by atoms with van der Waals surface area (Å²) in [5.41, 5.74) is 6.23. The van der Waals surface area contributed by atoms with Gasteiger partial charge in [-0.1, -0.05) is 41.9 Å². The molecule has 2 rings (SSSR count). The van der Waals surface area contributed by atoms with Gasteiger partial charge in [-0.15, -0.1) is 0 Å². The van der Waals surface area contributed by atoms with Gasteiger partial charge in [0, 0.05) is 10.6 Å². The molecule has 0 aromatic heterocycles. The highest BCUT2D eigenvalue weighted by Crippen LogP contribution is 2.30. The minimum atomic E-state index is -0.308. The number of hydrogen-bond acceptors (Lipinski definition) is 3. The van der Waals surface area contributed by atoms with Crippen LogP contribution >= 0.6 is 11.6 Å². The number of ketones is 1. The molecule has 0 radical (unpaired) electrons. The number of phenolic OH excluding ortho intramolecular Hbond substituents is 1. The van der Waals surface area contributed by atoms with Crippen LogP contribution in [0.15, 0.2) is 42.5 Å². The Morgan fingerprint density at radius 1 is 1.18 bits per heavy atom. The van der Waals surface area contributed by atoms with Gasteiger partial charge in [-0.2, -0.15) is 0 Å². The summed E-state index contributed by atoms with van der Waals surface area (Å²) in [6.45, 7) is 0. The minimum Gasteiger partial charge on any atom is -0.505 e. The summed E-state index contributed by atoms with van der Waals surface area (Å²) >= 11 is 5.81. The van der Waals surface area contributed by atoms with Crippen molar-refractivity contribution in [2.75, 3.05) is 5.73 Å². The Morgan fingerprint density at radius 2 is 1.82 bits per heavy atom. The third-order valence-corrected chi connectivity index (χ3v) is 2.60. The Kier molecular flexibility index (Phi) is 3.02. The molecular weight excluding hydrogens is 238 g/mol. The number of rotatable bonds is 2. The maximum absolute atomic E-state index is 12.1. The maximum Gasteiger partial charge on any atom is 0.196 e. The molecule has 0 heterocycles. The number of halogens is 1. The van der Waals surface area contributed by atoms with Crippen LogP contribution in [0, 0.1) is 0 Å². The highest BCUT2D eigenvalue weighted by atomic mass is 35.5. The number of carbonyl (C=O) groups excluding carboxylic acids is 1. The number of phenols is 1. The minimum absolute atomic E-state index is 0.0942. The highest BCUT2D eigenvalue weighted by molar-refractivity contribution is 6.31. The molecule has 86 valence electrons. The molecular formula is C13H10ClNO2. The van der Waals surface area contributed by atoms with Gasteiger partial charge in [0.2, 0.25) is 0 Å². The molecule has 3 nitrogen and oxygen atoms in total. The zero-order valence-corrected chi connectivity index (χ0v) is 9.61. The number of aromatic hydroxyl groups is 1. The van der Waals surface area contributed by atoms with E-state index in [1.54, 1.807) is 24.3 Å². The molecule has 0 atom stereocenters. The number of nitrogens with two attached hydrogens (primary N) is 1. The fourth-order valence-electron chi connectivity index (χ4n) is 1.54. The van der Waals surface area contributed by atoms with Crippen LogP contribution in [0.2, 0.25) is 5.02 Å². The average Bonchev–Trinajstić information content (AvgIpc) is 2.34. The number of benzene rings is 2. The maximum atomic E-state index is 12.1. The quantitative estimate of drug-likeness (QED) is 0.487. The Balaban J connectivity index is 2.52. The number of hydrogen-bond donors (Lipinski definition) is 2. The molecule has 0 bridgehead atoms. The normalized spacial score (nSPS) is 10.2. The largest absolute Gasteiger partial charge is 0.505 e. The van der Waals surface area contributed by atoms with Crippen molar-refractivity contribution in [1.29, 1.82) is 0 Å². The van der Waals surface area contributed by atoms with E-state index in [2.05, 4.69) is 0 Å². The van der Waals surface area contributed by atoms with Gasteiger partial charge in [0.15, 0.2) is 5.78 Å². The average molecular weight is 248 g/mol. The highest BCUT2D eigenvalue weighted by Gasteiger charge is 2.16. The predicted molar refractivity (Wildman–Crippen MR) is 67.4 cm³/mol. The van der Waals surface area contributed by atoms with E-state index in [0.717, 1.165) is 0 Å². The van der Waals surface area contributed by atoms with Crippen LogP contribution in [0.1, 0.15) is 15.9 Å². The van der Waals surface area contributed by atoms with Gasteiger partial charge in [-0.25, -0.2) is 0 Å². The molecule has 0 saturated heterocycles. The van der Waals surface area contributed by atoms with E-state index in [0.29, 0.717) is 10.6 Å². The molecule has 0 unspecified atom stereocenters. The van der Waals surface area contributed by atoms with Gasteiger partial charge in [-0.05, 0) is 12.1 Å². The molecule has 0 aliphatic rings. The summed E-state index contributed by atoms with van der Waals surface area (Å²) < 4.78 is 0. The van der Waals surface area contributed by atoms with Crippen molar-refractivity contribution in [1.82, 2.24) is 0 Å². The molecule has 2 aromatic rings. The fourth-order valence-corrected chi connectivity index (χ4v) is 1.77. The van der Waals surface area contributed by atoms with E-state index in [1.807, 2.05) is 6.07 Å². The molecule has 17 heavy (non-hydrogen) atoms. The Bertz CT molecular complexity index is 567. The van der Waals surface area contributed by atoms with Crippen molar-refractivity contribution >= 4 is 23.1 Å². The predicted octanol–water partition coefficient (Wildman–Crippen LogP) is 2.86. The summed E-state index contributed by atoms with van der Waals surface area (Å²) in [5, 5.41) is 10.1. The van der Waals surface area contributed by atoms with Gasteiger partial charge in [0.05, 0.1) is 11.3 Å². The monoisotopic (exact) mass is 247 g/mol. The summed E-state index contributed by atoms with van der Waals surface area (Å²) in [6, 6.07) is 11.4. The number of carbonyl (C=O) groups is 1. The number of anilines is 1. The molecule has 0 aliphatic heterocycles. The lowest BCUT2D eigenvalue weighted by Gasteiger charge is -2.07. The lowest BCUT2D eigenvalue weighted by molar-refractivity contribution is 0.103. The van der Waals surface area contributed by atoms with Crippen LogP contribution in [0.5, 0.6) is 5.75 Å². The summed E-state index contributed by atoms with van der Waals surface area (Å²) in [4.78, 5) is 12.1. The van der Waals surface area contributed by atoms with Crippen molar-refractivity contribution in [3.63, 3.8) is 0 Å². The first kappa shape index (κ1) is 11.5. The Hall–Kier alpha value is -2.00. The van der Waals surface area contributed by atoms with Crippen molar-refractivity contribution in [2.24, 2.45) is 0 Å². The van der Waals surface area contributed by atoms with Crippen LogP contribution in [-0.2, 0) is 0 Å². The van der Waals surface area contributed by atoms with E-state index >= 15 is 0 Å². The van der Waals surface area contributed by atoms with Crippen LogP contribution in [0.3, 0.4) is 0 Å². The molecule has 0 aliphatic carbocycles. The van der Waals surface area contributed by atoms with Crippen LogP contribution in [0.25, 0.3) is 0 Å². The zero-order valence-electron chi connectivity index (χ0n) is 8.85. The lowest BCUT2D eigenvalue weighted by atomic mass is 10.0. The SMILES string of the molecule is Nc1cc(Cl)cc(C(=O)c2ccccc2)c1O. The standard InChI is InChI=1S/C13H10ClNO2/c14-9-6-10(13(17)11(15)7-9)12(16)8-4-2-1-3-5-8/h1-7,17H,15H2. The second-order valence-corrected chi connectivity index (χ2v) is 4.02. The van der Waals surface area contributed by atoms with Crippen molar-refractivity contribution in [2.45, 2.75) is 0 Å². The second kappa shape index (κ2) is 4.47. The fraction of sp³-hybridized carbons (Fsp3) is 0. The van der Waals surface area contributed by atoms with Gasteiger partial charge < -0.3 is 10.8 Å². The lowest BCUT2D eigenvalue weighted by Crippen LogP contribution is -2.03. The van der Waals surface area contributed by atoms with Crippen molar-refractivity contribution < 1.29 is 9.90 Å². The van der Waals surface area contributed by atoms with Gasteiger partial charge in [0.1, 0.15) is 5.75 Å². The summed E-state index contributed by atoms with van der Waals surface area (Å²) in [5.74, 6) is -0.541. The Labute approximate surface area is 103 Å².